The molecule has 0 aliphatic carbocycles. The Hall–Kier alpha value is -1.14. The summed E-state index contributed by atoms with van der Waals surface area (Å²) in [5.41, 5.74) is 8.15. The van der Waals surface area contributed by atoms with Gasteiger partial charge in [-0.05, 0) is 12.8 Å². The molecule has 0 spiro atoms. The molecule has 2 heterocycles. The highest BCUT2D eigenvalue weighted by Gasteiger charge is 2.20. The second-order valence-corrected chi connectivity index (χ2v) is 4.68. The highest BCUT2D eigenvalue weighted by atomic mass is 32.1. The first-order valence-electron chi connectivity index (χ1n) is 5.40. The van der Waals surface area contributed by atoms with Crippen LogP contribution < -0.4 is 11.1 Å². The van der Waals surface area contributed by atoms with Crippen LogP contribution >= 0.6 is 11.3 Å². The number of piperidine rings is 1. The van der Waals surface area contributed by atoms with Crippen molar-refractivity contribution in [2.75, 3.05) is 13.1 Å². The molecule has 0 bridgehead atoms. The zero-order valence-electron chi connectivity index (χ0n) is 9.06. The minimum Gasteiger partial charge on any atom is -0.351 e. The van der Waals surface area contributed by atoms with Gasteiger partial charge in [-0.25, -0.2) is 9.78 Å². The molecule has 0 unspecified atom stereocenters. The van der Waals surface area contributed by atoms with Gasteiger partial charge in [0.15, 0.2) is 0 Å². The predicted molar refractivity (Wildman–Crippen MR) is 63.1 cm³/mol. The topological polar surface area (TPSA) is 71.2 Å². The SMILES string of the molecule is NC(=O)N1CCC(NCc2cscn2)CC1. The highest BCUT2D eigenvalue weighted by molar-refractivity contribution is 7.07. The van der Waals surface area contributed by atoms with Crippen LogP contribution in [0.5, 0.6) is 0 Å². The van der Waals surface area contributed by atoms with Crippen molar-refractivity contribution in [2.45, 2.75) is 25.4 Å². The number of nitrogens with two attached hydrogens (primary N) is 1. The third-order valence-electron chi connectivity index (χ3n) is 2.86. The van der Waals surface area contributed by atoms with Crippen LogP contribution in [0.3, 0.4) is 0 Å². The summed E-state index contributed by atoms with van der Waals surface area (Å²) in [4.78, 5) is 16.8. The van der Waals surface area contributed by atoms with E-state index in [1.807, 2.05) is 10.9 Å². The number of urea groups is 1. The van der Waals surface area contributed by atoms with Crippen LogP contribution in [0.1, 0.15) is 18.5 Å². The largest absolute Gasteiger partial charge is 0.351 e. The maximum absolute atomic E-state index is 10.9. The first kappa shape index (κ1) is 11.3. The molecule has 0 atom stereocenters. The molecular weight excluding hydrogens is 224 g/mol. The number of hydrogen-bond donors (Lipinski definition) is 2. The number of amides is 2. The monoisotopic (exact) mass is 240 g/mol. The molecule has 1 fully saturated rings. The van der Waals surface area contributed by atoms with Gasteiger partial charge in [0.2, 0.25) is 0 Å². The van der Waals surface area contributed by atoms with Gasteiger partial charge < -0.3 is 16.0 Å². The van der Waals surface area contributed by atoms with E-state index in [-0.39, 0.29) is 6.03 Å². The lowest BCUT2D eigenvalue weighted by atomic mass is 10.1. The maximum Gasteiger partial charge on any atom is 0.314 e. The minimum absolute atomic E-state index is 0.307. The van der Waals surface area contributed by atoms with Gasteiger partial charge in [0, 0.05) is 31.1 Å². The summed E-state index contributed by atoms with van der Waals surface area (Å²) in [6.07, 6.45) is 1.93. The Balaban J connectivity index is 1.71. The molecule has 1 aromatic heterocycles. The molecule has 88 valence electrons. The van der Waals surface area contributed by atoms with Crippen LogP contribution in [0.2, 0.25) is 0 Å². The number of hydrogen-bond acceptors (Lipinski definition) is 4. The Labute approximate surface area is 98.7 Å². The van der Waals surface area contributed by atoms with Crippen molar-refractivity contribution in [3.63, 3.8) is 0 Å². The molecule has 1 saturated heterocycles. The summed E-state index contributed by atoms with van der Waals surface area (Å²) in [6.45, 7) is 2.32. The van der Waals surface area contributed by atoms with Crippen molar-refractivity contribution in [1.29, 1.82) is 0 Å². The van der Waals surface area contributed by atoms with Gasteiger partial charge in [0.05, 0.1) is 11.2 Å². The summed E-state index contributed by atoms with van der Waals surface area (Å²) in [7, 11) is 0. The van der Waals surface area contributed by atoms with Crippen LogP contribution in [-0.4, -0.2) is 35.0 Å². The molecule has 2 amide bonds. The Bertz CT molecular complexity index is 333. The molecule has 5 nitrogen and oxygen atoms in total. The van der Waals surface area contributed by atoms with Gasteiger partial charge in [-0.15, -0.1) is 11.3 Å². The average Bonchev–Trinajstić information content (AvgIpc) is 2.80. The molecule has 0 radical (unpaired) electrons. The summed E-state index contributed by atoms with van der Waals surface area (Å²) in [6, 6.07) is 0.162. The lowest BCUT2D eigenvalue weighted by Crippen LogP contribution is -2.46. The zero-order chi connectivity index (χ0) is 11.4. The predicted octanol–water partition coefficient (Wildman–Crippen LogP) is 0.776. The fraction of sp³-hybridized carbons (Fsp3) is 0.600. The van der Waals surface area contributed by atoms with Crippen molar-refractivity contribution in [3.8, 4) is 0 Å². The highest BCUT2D eigenvalue weighted by Crippen LogP contribution is 2.10. The Morgan fingerprint density at radius 3 is 2.94 bits per heavy atom. The zero-order valence-corrected chi connectivity index (χ0v) is 9.87. The van der Waals surface area contributed by atoms with E-state index < -0.39 is 0 Å². The quantitative estimate of drug-likeness (QED) is 0.820. The lowest BCUT2D eigenvalue weighted by Gasteiger charge is -2.31. The van der Waals surface area contributed by atoms with E-state index in [2.05, 4.69) is 10.3 Å². The van der Waals surface area contributed by atoms with Crippen LogP contribution in [-0.2, 0) is 6.54 Å². The average molecular weight is 240 g/mol. The molecule has 1 aliphatic heterocycles. The molecular formula is C10H16N4OS. The Morgan fingerprint density at radius 1 is 1.62 bits per heavy atom. The van der Waals surface area contributed by atoms with E-state index in [0.717, 1.165) is 38.2 Å². The van der Waals surface area contributed by atoms with Gasteiger partial charge in [-0.1, -0.05) is 0 Å². The molecule has 3 N–H and O–H groups in total. The fourth-order valence-corrected chi connectivity index (χ4v) is 2.44. The number of aromatic nitrogens is 1. The molecule has 1 aliphatic rings. The smallest absolute Gasteiger partial charge is 0.314 e. The summed E-state index contributed by atoms with van der Waals surface area (Å²) >= 11 is 1.61. The lowest BCUT2D eigenvalue weighted by molar-refractivity contribution is 0.185. The van der Waals surface area contributed by atoms with Crippen molar-refractivity contribution in [3.05, 3.63) is 16.6 Å². The van der Waals surface area contributed by atoms with Crippen molar-refractivity contribution < 1.29 is 4.79 Å². The van der Waals surface area contributed by atoms with Gasteiger partial charge in [-0.3, -0.25) is 0 Å². The van der Waals surface area contributed by atoms with Gasteiger partial charge in [-0.2, -0.15) is 0 Å². The first-order chi connectivity index (χ1) is 7.75. The third kappa shape index (κ3) is 2.93. The molecule has 16 heavy (non-hydrogen) atoms. The number of carbonyl (C=O) groups is 1. The second-order valence-electron chi connectivity index (χ2n) is 3.96. The van der Waals surface area contributed by atoms with E-state index in [1.54, 1.807) is 16.2 Å². The van der Waals surface area contributed by atoms with Crippen LogP contribution in [0, 0.1) is 0 Å². The second kappa shape index (κ2) is 5.27. The molecule has 0 saturated carbocycles. The van der Waals surface area contributed by atoms with Crippen LogP contribution in [0.15, 0.2) is 10.9 Å². The van der Waals surface area contributed by atoms with E-state index in [4.69, 9.17) is 5.73 Å². The molecule has 1 aromatic rings. The fourth-order valence-electron chi connectivity index (χ4n) is 1.88. The Morgan fingerprint density at radius 2 is 2.38 bits per heavy atom. The van der Waals surface area contributed by atoms with Gasteiger partial charge in [0.1, 0.15) is 0 Å². The number of nitrogens with one attached hydrogen (secondary N) is 1. The number of carbonyl (C=O) groups excluding carboxylic acids is 1. The number of rotatable bonds is 3. The number of thiazole rings is 1. The van der Waals surface area contributed by atoms with E-state index in [9.17, 15) is 4.79 Å². The number of likely N-dealkylation sites (tertiary alicyclic amines) is 1. The van der Waals surface area contributed by atoms with Crippen molar-refractivity contribution >= 4 is 17.4 Å². The summed E-state index contributed by atoms with van der Waals surface area (Å²) in [5.74, 6) is 0. The van der Waals surface area contributed by atoms with Crippen LogP contribution in [0.4, 0.5) is 4.79 Å². The van der Waals surface area contributed by atoms with Crippen molar-refractivity contribution in [1.82, 2.24) is 15.2 Å². The first-order valence-corrected chi connectivity index (χ1v) is 6.35. The van der Waals surface area contributed by atoms with E-state index in [1.165, 1.54) is 0 Å². The summed E-state index contributed by atoms with van der Waals surface area (Å²) in [5, 5.41) is 5.50. The van der Waals surface area contributed by atoms with E-state index >= 15 is 0 Å². The minimum atomic E-state index is -0.307. The normalized spacial score (nSPS) is 17.6. The Kier molecular flexibility index (Phi) is 3.74. The maximum atomic E-state index is 10.9. The molecule has 6 heteroatoms. The molecule has 0 aromatic carbocycles. The van der Waals surface area contributed by atoms with Crippen LogP contribution in [0.25, 0.3) is 0 Å². The number of nitrogens with zero attached hydrogens (tertiary/aromatic N) is 2. The standard InChI is InChI=1S/C10H16N4OS/c11-10(15)14-3-1-8(2-4-14)12-5-9-6-16-7-13-9/h6-8,12H,1-5H2,(H2,11,15). The van der Waals surface area contributed by atoms with Gasteiger partial charge >= 0.3 is 6.03 Å². The molecule has 2 rings (SSSR count). The summed E-state index contributed by atoms with van der Waals surface area (Å²) < 4.78 is 0. The number of primary amides is 1. The van der Waals surface area contributed by atoms with Crippen molar-refractivity contribution in [2.24, 2.45) is 5.73 Å². The van der Waals surface area contributed by atoms with Gasteiger partial charge in [0.25, 0.3) is 0 Å². The third-order valence-corrected chi connectivity index (χ3v) is 3.50. The van der Waals surface area contributed by atoms with E-state index in [0.29, 0.717) is 6.04 Å².